The van der Waals surface area contributed by atoms with Crippen molar-refractivity contribution >= 4 is 23.4 Å². The largest absolute Gasteiger partial charge is 0.327 e. The first-order chi connectivity index (χ1) is 9.80. The highest BCUT2D eigenvalue weighted by Crippen LogP contribution is 2.31. The van der Waals surface area contributed by atoms with Crippen LogP contribution in [0.1, 0.15) is 32.0 Å². The van der Waals surface area contributed by atoms with Crippen LogP contribution in [0.5, 0.6) is 0 Å². The average molecular weight is 300 g/mol. The number of hydrogen-bond acceptors (Lipinski definition) is 2. The van der Waals surface area contributed by atoms with Crippen molar-refractivity contribution in [2.75, 3.05) is 0 Å². The van der Waals surface area contributed by atoms with Crippen molar-refractivity contribution in [3.8, 4) is 5.69 Å². The topological polar surface area (TPSA) is 38.5 Å². The highest BCUT2D eigenvalue weighted by molar-refractivity contribution is 7.71. The van der Waals surface area contributed by atoms with Gasteiger partial charge in [0.2, 0.25) is 0 Å². The second-order valence-corrected chi connectivity index (χ2v) is 6.83. The van der Waals surface area contributed by atoms with Crippen molar-refractivity contribution in [2.45, 2.75) is 33.1 Å². The predicted octanol–water partition coefficient (Wildman–Crippen LogP) is 4.03. The van der Waals surface area contributed by atoms with Crippen LogP contribution in [0.3, 0.4) is 0 Å². The third-order valence-corrected chi connectivity index (χ3v) is 4.08. The lowest BCUT2D eigenvalue weighted by atomic mass is 9.86. The van der Waals surface area contributed by atoms with Gasteiger partial charge in [0.15, 0.2) is 10.4 Å². The number of para-hydroxylation sites is 1. The van der Waals surface area contributed by atoms with Gasteiger partial charge in [-0.25, -0.2) is 4.68 Å². The van der Waals surface area contributed by atoms with E-state index in [0.29, 0.717) is 4.77 Å². The zero-order valence-electron chi connectivity index (χ0n) is 13.1. The van der Waals surface area contributed by atoms with Gasteiger partial charge in [-0.05, 0) is 36.2 Å². The van der Waals surface area contributed by atoms with E-state index in [1.54, 1.807) is 0 Å². The summed E-state index contributed by atoms with van der Waals surface area (Å²) in [6.45, 7) is 8.64. The number of aryl methyl sites for hydroxylation is 2. The summed E-state index contributed by atoms with van der Waals surface area (Å²) in [5.41, 5.74) is 5.40. The predicted molar refractivity (Wildman–Crippen MR) is 88.7 cm³/mol. The molecule has 0 amide bonds. The zero-order chi connectivity index (χ0) is 15.4. The van der Waals surface area contributed by atoms with Crippen LogP contribution in [0.2, 0.25) is 0 Å². The first-order valence-electron chi connectivity index (χ1n) is 7.05. The highest BCUT2D eigenvalue weighted by atomic mass is 32.1. The molecule has 0 unspecified atom stereocenters. The number of hydrogen-bond donors (Lipinski definition) is 1. The summed E-state index contributed by atoms with van der Waals surface area (Å²) in [7, 11) is 1.95. The van der Waals surface area contributed by atoms with Gasteiger partial charge >= 0.3 is 0 Å². The van der Waals surface area contributed by atoms with Crippen molar-refractivity contribution in [2.24, 2.45) is 7.05 Å². The Balaban J connectivity index is 2.42. The Morgan fingerprint density at radius 1 is 1.19 bits per heavy atom. The normalized spacial score (nSPS) is 12.2. The monoisotopic (exact) mass is 300 g/mol. The van der Waals surface area contributed by atoms with E-state index in [2.05, 4.69) is 59.7 Å². The lowest BCUT2D eigenvalue weighted by Crippen LogP contribution is -2.15. The third-order valence-electron chi connectivity index (χ3n) is 3.79. The number of H-pyrrole nitrogens is 1. The number of fused-ring (bicyclic) bond motifs is 1. The van der Waals surface area contributed by atoms with E-state index in [9.17, 15) is 0 Å². The maximum Gasteiger partial charge on any atom is 0.184 e. The van der Waals surface area contributed by atoms with Crippen LogP contribution in [0, 0.1) is 11.7 Å². The van der Waals surface area contributed by atoms with Gasteiger partial charge in [0.1, 0.15) is 5.52 Å². The molecule has 0 aliphatic heterocycles. The van der Waals surface area contributed by atoms with Crippen LogP contribution in [0.4, 0.5) is 0 Å². The van der Waals surface area contributed by atoms with Gasteiger partial charge in [-0.15, -0.1) is 0 Å². The first kappa shape index (κ1) is 14.1. The molecule has 21 heavy (non-hydrogen) atoms. The van der Waals surface area contributed by atoms with E-state index in [4.69, 9.17) is 12.2 Å². The standard InChI is InChI=1S/C16H20N4S/c1-10-13-14(19(5)18-10)20(15(21)17-13)12-9-7-6-8-11(12)16(2,3)4/h6-9H,1-5H3,(H,17,21). The maximum atomic E-state index is 5.56. The summed E-state index contributed by atoms with van der Waals surface area (Å²) in [6.07, 6.45) is 0. The smallest absolute Gasteiger partial charge is 0.184 e. The van der Waals surface area contributed by atoms with Gasteiger partial charge in [0.25, 0.3) is 0 Å². The quantitative estimate of drug-likeness (QED) is 0.689. The first-order valence-corrected chi connectivity index (χ1v) is 7.45. The van der Waals surface area contributed by atoms with E-state index in [0.717, 1.165) is 22.5 Å². The molecule has 0 spiro atoms. The van der Waals surface area contributed by atoms with Crippen LogP contribution in [0.25, 0.3) is 16.9 Å². The molecule has 2 aromatic heterocycles. The Labute approximate surface area is 129 Å². The fourth-order valence-corrected chi connectivity index (χ4v) is 3.12. The lowest BCUT2D eigenvalue weighted by molar-refractivity contribution is 0.586. The fraction of sp³-hybridized carbons (Fsp3) is 0.375. The highest BCUT2D eigenvalue weighted by Gasteiger charge is 2.21. The van der Waals surface area contributed by atoms with Gasteiger partial charge in [-0.3, -0.25) is 4.57 Å². The molecule has 0 saturated heterocycles. The maximum absolute atomic E-state index is 5.56. The van der Waals surface area contributed by atoms with E-state index in [1.807, 2.05) is 18.7 Å². The summed E-state index contributed by atoms with van der Waals surface area (Å²) in [5.74, 6) is 0. The number of rotatable bonds is 1. The van der Waals surface area contributed by atoms with Crippen molar-refractivity contribution < 1.29 is 0 Å². The van der Waals surface area contributed by atoms with E-state index < -0.39 is 0 Å². The summed E-state index contributed by atoms with van der Waals surface area (Å²) in [4.78, 5) is 3.29. The van der Waals surface area contributed by atoms with Crippen molar-refractivity contribution in [1.29, 1.82) is 0 Å². The van der Waals surface area contributed by atoms with E-state index >= 15 is 0 Å². The third kappa shape index (κ3) is 2.12. The molecule has 0 atom stereocenters. The lowest BCUT2D eigenvalue weighted by Gasteiger charge is -2.23. The minimum Gasteiger partial charge on any atom is -0.327 e. The Morgan fingerprint density at radius 2 is 1.86 bits per heavy atom. The summed E-state index contributed by atoms with van der Waals surface area (Å²) < 4.78 is 4.68. The van der Waals surface area contributed by atoms with Crippen LogP contribution in [0.15, 0.2) is 24.3 Å². The molecule has 2 heterocycles. The molecule has 0 radical (unpaired) electrons. The van der Waals surface area contributed by atoms with Crippen molar-refractivity contribution in [1.82, 2.24) is 19.3 Å². The molecular formula is C16H20N4S. The molecule has 5 heteroatoms. The van der Waals surface area contributed by atoms with Crippen LogP contribution >= 0.6 is 12.2 Å². The summed E-state index contributed by atoms with van der Waals surface area (Å²) >= 11 is 5.56. The fourth-order valence-electron chi connectivity index (χ4n) is 2.83. The number of benzene rings is 1. The molecule has 110 valence electrons. The SMILES string of the molecule is Cc1nn(C)c2c1[nH]c(=S)n2-c1ccccc1C(C)(C)C. The number of imidazole rings is 1. The van der Waals surface area contributed by atoms with Gasteiger partial charge in [0.05, 0.1) is 11.4 Å². The molecule has 0 aliphatic rings. The minimum absolute atomic E-state index is 0.0442. The molecule has 1 aromatic carbocycles. The second kappa shape index (κ2) is 4.56. The molecular weight excluding hydrogens is 280 g/mol. The van der Waals surface area contributed by atoms with Crippen molar-refractivity contribution in [3.05, 3.63) is 40.3 Å². The minimum atomic E-state index is 0.0442. The molecule has 4 nitrogen and oxygen atoms in total. The molecule has 1 N–H and O–H groups in total. The molecule has 0 aliphatic carbocycles. The average Bonchev–Trinajstić information content (AvgIpc) is 2.87. The van der Waals surface area contributed by atoms with Gasteiger partial charge in [-0.1, -0.05) is 39.0 Å². The Bertz CT molecular complexity index is 874. The van der Waals surface area contributed by atoms with E-state index in [1.165, 1.54) is 5.56 Å². The molecule has 3 rings (SSSR count). The number of aromatic amines is 1. The second-order valence-electron chi connectivity index (χ2n) is 6.44. The molecule has 0 saturated carbocycles. The van der Waals surface area contributed by atoms with Gasteiger partial charge in [-0.2, -0.15) is 5.10 Å². The molecule has 0 bridgehead atoms. The number of nitrogens with zero attached hydrogens (tertiary/aromatic N) is 3. The Morgan fingerprint density at radius 3 is 2.52 bits per heavy atom. The number of aromatic nitrogens is 4. The molecule has 0 fully saturated rings. The van der Waals surface area contributed by atoms with Gasteiger partial charge < -0.3 is 4.98 Å². The van der Waals surface area contributed by atoms with Crippen molar-refractivity contribution in [3.63, 3.8) is 0 Å². The van der Waals surface area contributed by atoms with Crippen LogP contribution in [-0.2, 0) is 12.5 Å². The Kier molecular flexibility index (Phi) is 3.06. The van der Waals surface area contributed by atoms with Crippen LogP contribution in [-0.4, -0.2) is 19.3 Å². The summed E-state index contributed by atoms with van der Waals surface area (Å²) in [5, 5.41) is 4.49. The Hall–Kier alpha value is -1.88. The summed E-state index contributed by atoms with van der Waals surface area (Å²) in [6, 6.07) is 8.41. The molecule has 3 aromatic rings. The zero-order valence-corrected chi connectivity index (χ0v) is 13.9. The van der Waals surface area contributed by atoms with Crippen LogP contribution < -0.4 is 0 Å². The van der Waals surface area contributed by atoms with E-state index in [-0.39, 0.29) is 5.41 Å². The number of nitrogens with one attached hydrogen (secondary N) is 1. The van der Waals surface area contributed by atoms with Gasteiger partial charge in [0, 0.05) is 7.05 Å².